The van der Waals surface area contributed by atoms with Crippen LogP contribution in [0.4, 0.5) is 0 Å². The van der Waals surface area contributed by atoms with Crippen molar-refractivity contribution in [2.75, 3.05) is 0 Å². The zero-order valence-corrected chi connectivity index (χ0v) is 35.7. The third-order valence-electron chi connectivity index (χ3n) is 13.5. The van der Waals surface area contributed by atoms with E-state index in [0.29, 0.717) is 0 Å². The first kappa shape index (κ1) is 36.7. The Labute approximate surface area is 375 Å². The van der Waals surface area contributed by atoms with Gasteiger partial charge in [0.05, 0.1) is 27.5 Å². The molecule has 2 nitrogen and oxygen atoms in total. The van der Waals surface area contributed by atoms with Crippen LogP contribution in [-0.2, 0) is 5.41 Å². The van der Waals surface area contributed by atoms with Gasteiger partial charge in [-0.25, -0.2) is 0 Å². The summed E-state index contributed by atoms with van der Waals surface area (Å²) in [5.41, 5.74) is 13.7. The molecule has 0 bridgehead atoms. The smallest absolute Gasteiger partial charge is 0.0702 e. The molecule has 0 unspecified atom stereocenters. The van der Waals surface area contributed by atoms with Gasteiger partial charge in [-0.2, -0.15) is 0 Å². The number of para-hydroxylation sites is 2. The average molecular weight is 833 g/mol. The maximum Gasteiger partial charge on any atom is 0.0702 e. The SMILES string of the molecule is c1ccc(-c2ccc(C(c3ccccc3)(c3ccccc3)c3ccc4c5cc(-n6c7ccccc7c7ccccc76)ccc5n(-c5ccc6sc7ccccc7c6c5)c4c3)cc2)cc1. The number of hydrogen-bond donors (Lipinski definition) is 0. The number of nitrogens with zero attached hydrogens (tertiary/aromatic N) is 2. The van der Waals surface area contributed by atoms with Crippen LogP contribution in [0.25, 0.3) is 86.3 Å². The molecule has 0 spiro atoms. The van der Waals surface area contributed by atoms with Gasteiger partial charge in [-0.1, -0.05) is 182 Å². The van der Waals surface area contributed by atoms with Crippen LogP contribution in [-0.4, -0.2) is 9.13 Å². The Kier molecular flexibility index (Phi) is 8.34. The Bertz CT molecular complexity index is 3780. The van der Waals surface area contributed by atoms with E-state index >= 15 is 0 Å². The molecule has 0 N–H and O–H groups in total. The molecule has 3 heterocycles. The van der Waals surface area contributed by atoms with Crippen molar-refractivity contribution >= 4 is 75.1 Å². The van der Waals surface area contributed by atoms with Crippen molar-refractivity contribution in [2.24, 2.45) is 0 Å². The molecule has 0 amide bonds. The molecule has 0 saturated heterocycles. The highest BCUT2D eigenvalue weighted by atomic mass is 32.1. The Morgan fingerprint density at radius 2 is 0.719 bits per heavy atom. The fraction of sp³-hybridized carbons (Fsp3) is 0.0164. The summed E-state index contributed by atoms with van der Waals surface area (Å²) in [5, 5.41) is 7.53. The summed E-state index contributed by atoms with van der Waals surface area (Å²) in [6.07, 6.45) is 0. The largest absolute Gasteiger partial charge is 0.309 e. The van der Waals surface area contributed by atoms with Crippen molar-refractivity contribution in [1.29, 1.82) is 0 Å². The van der Waals surface area contributed by atoms with Crippen LogP contribution in [0, 0.1) is 0 Å². The lowest BCUT2D eigenvalue weighted by Gasteiger charge is -2.37. The second-order valence-corrected chi connectivity index (χ2v) is 17.9. The van der Waals surface area contributed by atoms with Crippen LogP contribution in [0.1, 0.15) is 22.3 Å². The highest BCUT2D eigenvalue weighted by Gasteiger charge is 2.39. The maximum atomic E-state index is 2.51. The summed E-state index contributed by atoms with van der Waals surface area (Å²) in [5.74, 6) is 0. The maximum absolute atomic E-state index is 2.51. The third kappa shape index (κ3) is 5.51. The average Bonchev–Trinajstić information content (AvgIpc) is 4.02. The summed E-state index contributed by atoms with van der Waals surface area (Å²) < 4.78 is 7.55. The van der Waals surface area contributed by atoms with Crippen molar-refractivity contribution in [3.8, 4) is 22.5 Å². The van der Waals surface area contributed by atoms with Gasteiger partial charge in [0, 0.05) is 53.1 Å². The van der Waals surface area contributed by atoms with Crippen molar-refractivity contribution in [3.63, 3.8) is 0 Å². The van der Waals surface area contributed by atoms with Gasteiger partial charge in [0.2, 0.25) is 0 Å². The Morgan fingerprint density at radius 1 is 0.266 bits per heavy atom. The quantitative estimate of drug-likeness (QED) is 0.142. The first-order valence-electron chi connectivity index (χ1n) is 22.0. The molecule has 0 aliphatic rings. The monoisotopic (exact) mass is 832 g/mol. The van der Waals surface area contributed by atoms with Crippen LogP contribution >= 0.6 is 11.3 Å². The molecule has 0 aliphatic heterocycles. The van der Waals surface area contributed by atoms with E-state index in [2.05, 4.69) is 252 Å². The topological polar surface area (TPSA) is 9.86 Å². The molecule has 64 heavy (non-hydrogen) atoms. The molecule has 0 fully saturated rings. The molecule has 300 valence electrons. The standard InChI is InChI=1S/C61H40N2S/c1-4-16-41(17-5-1)42-28-30-45(31-29-42)61(43-18-6-2-7-19-43,44-20-8-3-9-21-44)46-32-35-51-53-39-47(62-55-25-13-10-22-49(55)50-23-11-14-26-56(50)62)33-36-57(53)63(58(51)38-46)48-34-37-60-54(40-48)52-24-12-15-27-59(52)64-60/h1-40H. The van der Waals surface area contributed by atoms with E-state index in [0.717, 1.165) is 11.4 Å². The molecule has 13 aromatic rings. The minimum atomic E-state index is -0.630. The second kappa shape index (κ2) is 14.6. The van der Waals surface area contributed by atoms with Gasteiger partial charge in [0.25, 0.3) is 0 Å². The van der Waals surface area contributed by atoms with E-state index in [9.17, 15) is 0 Å². The number of hydrogen-bond acceptors (Lipinski definition) is 1. The first-order valence-corrected chi connectivity index (χ1v) is 22.8. The minimum absolute atomic E-state index is 0.630. The van der Waals surface area contributed by atoms with Crippen molar-refractivity contribution in [3.05, 3.63) is 265 Å². The van der Waals surface area contributed by atoms with Gasteiger partial charge >= 0.3 is 0 Å². The molecule has 3 aromatic heterocycles. The molecule has 0 aliphatic carbocycles. The van der Waals surface area contributed by atoms with Crippen LogP contribution in [0.15, 0.2) is 243 Å². The Balaban J connectivity index is 1.12. The third-order valence-corrected chi connectivity index (χ3v) is 14.6. The number of benzene rings is 10. The van der Waals surface area contributed by atoms with Gasteiger partial charge in [-0.15, -0.1) is 11.3 Å². The highest BCUT2D eigenvalue weighted by molar-refractivity contribution is 7.25. The predicted octanol–water partition coefficient (Wildman–Crippen LogP) is 16.3. The van der Waals surface area contributed by atoms with Crippen molar-refractivity contribution in [1.82, 2.24) is 9.13 Å². The van der Waals surface area contributed by atoms with Crippen LogP contribution in [0.5, 0.6) is 0 Å². The van der Waals surface area contributed by atoms with Crippen molar-refractivity contribution in [2.45, 2.75) is 5.41 Å². The van der Waals surface area contributed by atoms with Gasteiger partial charge in [-0.3, -0.25) is 0 Å². The molecule has 3 heteroatoms. The van der Waals surface area contributed by atoms with E-state index in [4.69, 9.17) is 0 Å². The minimum Gasteiger partial charge on any atom is -0.309 e. The molecule has 0 atom stereocenters. The molecular formula is C61H40N2S. The number of thiophene rings is 1. The Hall–Kier alpha value is -7.98. The van der Waals surface area contributed by atoms with E-state index in [1.807, 2.05) is 11.3 Å². The zero-order chi connectivity index (χ0) is 42.2. The molecule has 13 rings (SSSR count). The molecule has 10 aromatic carbocycles. The van der Waals surface area contributed by atoms with E-state index in [1.165, 1.54) is 97.2 Å². The number of fused-ring (bicyclic) bond motifs is 9. The number of rotatable bonds is 7. The van der Waals surface area contributed by atoms with E-state index in [-0.39, 0.29) is 0 Å². The normalized spacial score (nSPS) is 12.1. The van der Waals surface area contributed by atoms with E-state index < -0.39 is 5.41 Å². The lowest BCUT2D eigenvalue weighted by molar-refractivity contribution is 0.746. The van der Waals surface area contributed by atoms with Crippen molar-refractivity contribution < 1.29 is 0 Å². The van der Waals surface area contributed by atoms with E-state index in [1.54, 1.807) is 0 Å². The Morgan fingerprint density at radius 3 is 1.39 bits per heavy atom. The van der Waals surface area contributed by atoms with Crippen LogP contribution in [0.3, 0.4) is 0 Å². The summed E-state index contributed by atoms with van der Waals surface area (Å²) >= 11 is 1.86. The summed E-state index contributed by atoms with van der Waals surface area (Å²) in [6.45, 7) is 0. The second-order valence-electron chi connectivity index (χ2n) is 16.8. The zero-order valence-electron chi connectivity index (χ0n) is 34.9. The molecule has 0 radical (unpaired) electrons. The lowest BCUT2D eigenvalue weighted by atomic mass is 9.65. The lowest BCUT2D eigenvalue weighted by Crippen LogP contribution is -2.31. The van der Waals surface area contributed by atoms with Gasteiger partial charge < -0.3 is 9.13 Å². The predicted molar refractivity (Wildman–Crippen MR) is 272 cm³/mol. The van der Waals surface area contributed by atoms with Gasteiger partial charge in [0.15, 0.2) is 0 Å². The summed E-state index contributed by atoms with van der Waals surface area (Å²) in [4.78, 5) is 0. The van der Waals surface area contributed by atoms with Crippen LogP contribution < -0.4 is 0 Å². The number of aromatic nitrogens is 2. The van der Waals surface area contributed by atoms with Gasteiger partial charge in [-0.05, 0) is 94.0 Å². The summed E-state index contributed by atoms with van der Waals surface area (Å²) in [6, 6.07) is 89.8. The van der Waals surface area contributed by atoms with Gasteiger partial charge in [0.1, 0.15) is 0 Å². The van der Waals surface area contributed by atoms with Crippen LogP contribution in [0.2, 0.25) is 0 Å². The summed E-state index contributed by atoms with van der Waals surface area (Å²) in [7, 11) is 0. The molecule has 0 saturated carbocycles. The molecular weight excluding hydrogens is 793 g/mol. The first-order chi connectivity index (χ1) is 31.7. The highest BCUT2D eigenvalue weighted by Crippen LogP contribution is 2.48. The fourth-order valence-electron chi connectivity index (χ4n) is 10.6. The fourth-order valence-corrected chi connectivity index (χ4v) is 11.7.